The maximum atomic E-state index is 10.6. The van der Waals surface area contributed by atoms with E-state index in [2.05, 4.69) is 10.3 Å². The van der Waals surface area contributed by atoms with Gasteiger partial charge in [-0.25, -0.2) is 9.78 Å². The molecule has 0 aromatic carbocycles. The highest BCUT2D eigenvalue weighted by Crippen LogP contribution is 2.25. The lowest BCUT2D eigenvalue weighted by molar-refractivity contribution is -0.130. The van der Waals surface area contributed by atoms with E-state index in [1.807, 2.05) is 0 Å². The zero-order valence-corrected chi connectivity index (χ0v) is 8.30. The molecule has 0 bridgehead atoms. The highest BCUT2D eigenvalue weighted by atomic mass is 35.5. The fraction of sp³-hybridized carbons (Fsp3) is 0. The van der Waals surface area contributed by atoms with Crippen LogP contribution in [0.2, 0.25) is 0 Å². The lowest BCUT2D eigenvalue weighted by Gasteiger charge is -1.93. The summed E-state index contributed by atoms with van der Waals surface area (Å²) >= 11 is 6.36. The number of anilines is 1. The molecule has 1 aromatic heterocycles. The summed E-state index contributed by atoms with van der Waals surface area (Å²) in [5, 5.41) is 11.3. The van der Waals surface area contributed by atoms with Crippen LogP contribution < -0.4 is 5.32 Å². The molecule has 5 nitrogen and oxygen atoms in total. The molecular weight excluding hydrogens is 228 g/mol. The van der Waals surface area contributed by atoms with Gasteiger partial charge in [0.15, 0.2) is 5.13 Å². The largest absolute Gasteiger partial charge is 0.478 e. The van der Waals surface area contributed by atoms with Gasteiger partial charge in [-0.3, -0.25) is 4.79 Å². The molecular formula is C7H5ClN2O3S. The predicted octanol–water partition coefficient (Wildman–Crippen LogP) is 1.38. The van der Waals surface area contributed by atoms with E-state index < -0.39 is 5.97 Å². The number of nitrogens with one attached hydrogen (secondary N) is 1. The Morgan fingerprint density at radius 1 is 1.71 bits per heavy atom. The summed E-state index contributed by atoms with van der Waals surface area (Å²) in [6.45, 7) is 0. The Morgan fingerprint density at radius 3 is 2.93 bits per heavy atom. The molecule has 0 radical (unpaired) electrons. The standard InChI is InChI=1S/C7H5ClN2O3S/c8-1-4(6(12)13)5-2-9-7(14-5)10-3-11/h1-3H,(H,12,13)(H,9,10,11). The van der Waals surface area contributed by atoms with Crippen LogP contribution in [0.5, 0.6) is 0 Å². The molecule has 0 aliphatic rings. The van der Waals surface area contributed by atoms with Gasteiger partial charge in [0.2, 0.25) is 6.41 Å². The SMILES string of the molecule is O=CNc1ncc(C(=CCl)C(=O)O)s1. The van der Waals surface area contributed by atoms with Crippen LogP contribution in [0.4, 0.5) is 5.13 Å². The minimum absolute atomic E-state index is 0.0527. The van der Waals surface area contributed by atoms with E-state index in [4.69, 9.17) is 16.7 Å². The number of carboxylic acids is 1. The van der Waals surface area contributed by atoms with E-state index in [1.54, 1.807) is 0 Å². The summed E-state index contributed by atoms with van der Waals surface area (Å²) in [7, 11) is 0. The molecule has 0 aliphatic carbocycles. The molecule has 0 unspecified atom stereocenters. The minimum Gasteiger partial charge on any atom is -0.478 e. The highest BCUT2D eigenvalue weighted by Gasteiger charge is 2.13. The van der Waals surface area contributed by atoms with Crippen molar-refractivity contribution in [3.05, 3.63) is 16.6 Å². The van der Waals surface area contributed by atoms with Crippen molar-refractivity contribution in [2.24, 2.45) is 0 Å². The van der Waals surface area contributed by atoms with E-state index in [0.29, 0.717) is 16.4 Å². The number of aliphatic carboxylic acids is 1. The number of hydrogen-bond donors (Lipinski definition) is 2. The molecule has 1 heterocycles. The van der Waals surface area contributed by atoms with Crippen LogP contribution in [0.3, 0.4) is 0 Å². The van der Waals surface area contributed by atoms with Gasteiger partial charge in [-0.1, -0.05) is 22.9 Å². The molecule has 74 valence electrons. The number of halogens is 1. The Balaban J connectivity index is 2.95. The van der Waals surface area contributed by atoms with Gasteiger partial charge in [-0.2, -0.15) is 0 Å². The second-order valence-corrected chi connectivity index (χ2v) is 3.37. The molecule has 0 spiro atoms. The topological polar surface area (TPSA) is 79.3 Å². The average molecular weight is 233 g/mol. The van der Waals surface area contributed by atoms with Crippen molar-refractivity contribution in [1.82, 2.24) is 4.98 Å². The number of carbonyl (C=O) groups excluding carboxylic acids is 1. The van der Waals surface area contributed by atoms with Crippen molar-refractivity contribution < 1.29 is 14.7 Å². The minimum atomic E-state index is -1.14. The molecule has 0 saturated carbocycles. The third kappa shape index (κ3) is 2.30. The molecule has 1 rings (SSSR count). The smallest absolute Gasteiger partial charge is 0.338 e. The van der Waals surface area contributed by atoms with Crippen molar-refractivity contribution in [3.63, 3.8) is 0 Å². The van der Waals surface area contributed by atoms with Crippen molar-refractivity contribution in [1.29, 1.82) is 0 Å². The predicted molar refractivity (Wildman–Crippen MR) is 53.3 cm³/mol. The lowest BCUT2D eigenvalue weighted by Crippen LogP contribution is -1.96. The molecule has 7 heteroatoms. The van der Waals surface area contributed by atoms with E-state index in [0.717, 1.165) is 16.9 Å². The number of hydrogen-bond acceptors (Lipinski definition) is 4. The maximum absolute atomic E-state index is 10.6. The van der Waals surface area contributed by atoms with Gasteiger partial charge in [-0.05, 0) is 0 Å². The van der Waals surface area contributed by atoms with Crippen LogP contribution in [-0.2, 0) is 9.59 Å². The maximum Gasteiger partial charge on any atom is 0.338 e. The fourth-order valence-corrected chi connectivity index (χ4v) is 1.78. The van der Waals surface area contributed by atoms with Crippen molar-refractivity contribution >= 4 is 46.0 Å². The number of rotatable bonds is 4. The number of aromatic nitrogens is 1. The van der Waals surface area contributed by atoms with E-state index in [-0.39, 0.29) is 5.57 Å². The van der Waals surface area contributed by atoms with Gasteiger partial charge >= 0.3 is 5.97 Å². The molecule has 1 aromatic rings. The van der Waals surface area contributed by atoms with Crippen molar-refractivity contribution in [2.45, 2.75) is 0 Å². The molecule has 1 amide bonds. The number of nitrogens with zero attached hydrogens (tertiary/aromatic N) is 1. The highest BCUT2D eigenvalue weighted by molar-refractivity contribution is 7.17. The summed E-state index contributed by atoms with van der Waals surface area (Å²) in [6.07, 6.45) is 1.80. The summed E-state index contributed by atoms with van der Waals surface area (Å²) < 4.78 is 0. The van der Waals surface area contributed by atoms with Crippen molar-refractivity contribution in [2.75, 3.05) is 5.32 Å². The van der Waals surface area contributed by atoms with E-state index >= 15 is 0 Å². The van der Waals surface area contributed by atoms with Crippen LogP contribution in [0.1, 0.15) is 4.88 Å². The first-order chi connectivity index (χ1) is 6.69. The van der Waals surface area contributed by atoms with Crippen LogP contribution in [0.25, 0.3) is 5.57 Å². The second kappa shape index (κ2) is 4.73. The van der Waals surface area contributed by atoms with Crippen LogP contribution in [0, 0.1) is 0 Å². The number of carbonyl (C=O) groups is 2. The van der Waals surface area contributed by atoms with E-state index in [1.165, 1.54) is 6.20 Å². The number of thiazole rings is 1. The Bertz CT molecular complexity index is 388. The Labute approximate surface area is 88.0 Å². The first-order valence-corrected chi connectivity index (χ1v) is 4.64. The quantitative estimate of drug-likeness (QED) is 0.607. The van der Waals surface area contributed by atoms with E-state index in [9.17, 15) is 9.59 Å². The Kier molecular flexibility index (Phi) is 3.61. The molecule has 2 N–H and O–H groups in total. The number of amides is 1. The zero-order valence-electron chi connectivity index (χ0n) is 6.73. The number of carboxylic acid groups (broad SMARTS) is 1. The Morgan fingerprint density at radius 2 is 2.43 bits per heavy atom. The second-order valence-electron chi connectivity index (χ2n) is 2.12. The van der Waals surface area contributed by atoms with Gasteiger partial charge < -0.3 is 10.4 Å². The first-order valence-electron chi connectivity index (χ1n) is 3.39. The molecule has 0 aliphatic heterocycles. The third-order valence-electron chi connectivity index (χ3n) is 1.29. The monoisotopic (exact) mass is 232 g/mol. The Hall–Kier alpha value is -1.40. The molecule has 0 saturated heterocycles. The summed E-state index contributed by atoms with van der Waals surface area (Å²) in [5.74, 6) is -1.14. The van der Waals surface area contributed by atoms with Gasteiger partial charge in [0.1, 0.15) is 0 Å². The third-order valence-corrected chi connectivity index (χ3v) is 2.47. The molecule has 14 heavy (non-hydrogen) atoms. The van der Waals surface area contributed by atoms with Crippen molar-refractivity contribution in [3.8, 4) is 0 Å². The van der Waals surface area contributed by atoms with Gasteiger partial charge in [0.25, 0.3) is 0 Å². The molecule has 0 atom stereocenters. The first kappa shape index (κ1) is 10.7. The van der Waals surface area contributed by atoms with Crippen LogP contribution in [-0.4, -0.2) is 22.5 Å². The average Bonchev–Trinajstić information content (AvgIpc) is 2.54. The normalized spacial score (nSPS) is 11.1. The fourth-order valence-electron chi connectivity index (χ4n) is 0.722. The summed E-state index contributed by atoms with van der Waals surface area (Å²) in [4.78, 5) is 24.8. The summed E-state index contributed by atoms with van der Waals surface area (Å²) in [6, 6.07) is 0. The lowest BCUT2D eigenvalue weighted by atomic mass is 10.3. The van der Waals surface area contributed by atoms with Crippen LogP contribution >= 0.6 is 22.9 Å². The zero-order chi connectivity index (χ0) is 10.6. The van der Waals surface area contributed by atoms with Gasteiger partial charge in [0, 0.05) is 11.7 Å². The molecule has 0 fully saturated rings. The van der Waals surface area contributed by atoms with Gasteiger partial charge in [0.05, 0.1) is 10.5 Å². The summed E-state index contributed by atoms with van der Waals surface area (Å²) in [5.41, 5.74) is 0.906. The van der Waals surface area contributed by atoms with Gasteiger partial charge in [-0.15, -0.1) is 0 Å². The van der Waals surface area contributed by atoms with Crippen LogP contribution in [0.15, 0.2) is 11.7 Å².